The monoisotopic (exact) mass is 634 g/mol. The summed E-state index contributed by atoms with van der Waals surface area (Å²) in [6, 6.07) is 16.9. The van der Waals surface area contributed by atoms with Crippen molar-refractivity contribution in [2.75, 3.05) is 0 Å². The molecule has 4 rings (SSSR count). The van der Waals surface area contributed by atoms with E-state index in [0.717, 1.165) is 46.5 Å². The van der Waals surface area contributed by atoms with E-state index in [4.69, 9.17) is 0 Å². The van der Waals surface area contributed by atoms with Crippen LogP contribution in [0.4, 0.5) is 26.3 Å². The van der Waals surface area contributed by atoms with E-state index in [-0.39, 0.29) is 0 Å². The summed E-state index contributed by atoms with van der Waals surface area (Å²) in [4.78, 5) is 0.720. The van der Waals surface area contributed by atoms with Crippen LogP contribution in [0, 0.1) is 55.4 Å². The summed E-state index contributed by atoms with van der Waals surface area (Å²) >= 11 is 0. The van der Waals surface area contributed by atoms with Crippen molar-refractivity contribution in [2.24, 2.45) is 0 Å². The second-order valence-electron chi connectivity index (χ2n) is 11.3. The fraction of sp³-hybridized carbons (Fsp3) is 0.314. The van der Waals surface area contributed by atoms with Gasteiger partial charge in [-0.05, 0) is 135 Å². The fourth-order valence-corrected chi connectivity index (χ4v) is 6.26. The molecule has 2 nitrogen and oxygen atoms in total. The van der Waals surface area contributed by atoms with Crippen molar-refractivity contribution in [2.45, 2.75) is 82.9 Å². The molecule has 0 aliphatic carbocycles. The van der Waals surface area contributed by atoms with Gasteiger partial charge in [0.1, 0.15) is 0 Å². The van der Waals surface area contributed by atoms with Gasteiger partial charge in [-0.25, -0.2) is 8.42 Å². The average molecular weight is 635 g/mol. The summed E-state index contributed by atoms with van der Waals surface area (Å²) in [6.07, 6.45) is -11.1. The number of sulfone groups is 1. The van der Waals surface area contributed by atoms with Crippen LogP contribution in [-0.4, -0.2) is 20.8 Å². The van der Waals surface area contributed by atoms with Gasteiger partial charge in [-0.2, -0.15) is 26.3 Å². The Morgan fingerprint density at radius 2 is 0.682 bits per heavy atom. The van der Waals surface area contributed by atoms with Gasteiger partial charge in [0, 0.05) is 0 Å². The molecule has 4 aromatic carbocycles. The molecular weight excluding hydrogens is 598 g/mol. The highest BCUT2D eigenvalue weighted by molar-refractivity contribution is 7.91. The Bertz CT molecular complexity index is 1660. The quantitative estimate of drug-likeness (QED) is 0.209. The smallest absolute Gasteiger partial charge is 0.219 e. The summed E-state index contributed by atoms with van der Waals surface area (Å²) in [5.41, 5.74) is 0.463. The molecule has 0 N–H and O–H groups in total. The van der Waals surface area contributed by atoms with Crippen molar-refractivity contribution < 1.29 is 34.8 Å². The van der Waals surface area contributed by atoms with Gasteiger partial charge in [-0.3, -0.25) is 0 Å². The second kappa shape index (κ2) is 12.4. The molecule has 236 valence electrons. The molecule has 0 aromatic heterocycles. The Morgan fingerprint density at radius 1 is 0.409 bits per heavy atom. The number of hydrogen-bond acceptors (Lipinski definition) is 2. The molecule has 4 aromatic rings. The van der Waals surface area contributed by atoms with Gasteiger partial charge in [-0.15, -0.1) is 0 Å². The van der Waals surface area contributed by atoms with Crippen LogP contribution >= 0.6 is 0 Å². The third-order valence-electron chi connectivity index (χ3n) is 8.31. The highest BCUT2D eigenvalue weighted by Gasteiger charge is 2.72. The first-order chi connectivity index (χ1) is 20.1. The Morgan fingerprint density at radius 3 is 0.932 bits per heavy atom. The molecule has 0 bridgehead atoms. The number of hydrogen-bond donors (Lipinski definition) is 0. The molecule has 0 amide bonds. The standard InChI is InChI=1S/C19H18F6.C16H18O2S/c1-11-5-7-15(9-13(11)3)17(18(20,21)22,19(23,24)25)16-8-6-12(2)14(4)10-16;1-11-5-7-15(9-13(11)3)19(17,18)16-8-6-12(2)14(4)10-16/h5-10H,1-4H3;5-10H,1-4H3. The molecule has 0 aliphatic heterocycles. The van der Waals surface area contributed by atoms with Gasteiger partial charge >= 0.3 is 12.4 Å². The SMILES string of the molecule is Cc1ccc(C(c2ccc(C)c(C)c2)(C(F)(F)F)C(F)(F)F)cc1C.Cc1ccc(S(=O)(=O)c2ccc(C)c(C)c2)cc1C. The van der Waals surface area contributed by atoms with Crippen LogP contribution in [-0.2, 0) is 15.3 Å². The van der Waals surface area contributed by atoms with Crippen LogP contribution in [0.1, 0.15) is 55.6 Å². The van der Waals surface area contributed by atoms with Gasteiger partial charge in [0.25, 0.3) is 0 Å². The minimum absolute atomic E-state index is 0.360. The maximum absolute atomic E-state index is 14.0. The van der Waals surface area contributed by atoms with Gasteiger partial charge < -0.3 is 0 Å². The van der Waals surface area contributed by atoms with E-state index in [1.807, 2.05) is 39.8 Å². The van der Waals surface area contributed by atoms with E-state index >= 15 is 0 Å². The third kappa shape index (κ3) is 6.58. The maximum atomic E-state index is 14.0. The lowest BCUT2D eigenvalue weighted by Gasteiger charge is -2.38. The van der Waals surface area contributed by atoms with Gasteiger partial charge in [-0.1, -0.05) is 48.5 Å². The Hall–Kier alpha value is -3.59. The summed E-state index contributed by atoms with van der Waals surface area (Å²) in [6.45, 7) is 14.1. The van der Waals surface area contributed by atoms with Crippen LogP contribution in [0.3, 0.4) is 0 Å². The first-order valence-corrected chi connectivity index (χ1v) is 15.3. The molecule has 0 radical (unpaired) electrons. The predicted molar refractivity (Wildman–Crippen MR) is 162 cm³/mol. The average Bonchev–Trinajstić information content (AvgIpc) is 2.90. The molecule has 0 aliphatic rings. The highest BCUT2D eigenvalue weighted by atomic mass is 32.2. The zero-order chi connectivity index (χ0) is 33.4. The van der Waals surface area contributed by atoms with Crippen molar-refractivity contribution in [3.63, 3.8) is 0 Å². The largest absolute Gasteiger partial charge is 0.411 e. The fourth-order valence-electron chi connectivity index (χ4n) is 4.83. The minimum atomic E-state index is -5.55. The minimum Gasteiger partial charge on any atom is -0.219 e. The molecule has 0 spiro atoms. The predicted octanol–water partition coefficient (Wildman–Crippen LogP) is 10.1. The van der Waals surface area contributed by atoms with Crippen LogP contribution in [0.25, 0.3) is 0 Å². The van der Waals surface area contributed by atoms with E-state index in [1.165, 1.54) is 26.0 Å². The van der Waals surface area contributed by atoms with Crippen molar-refractivity contribution in [3.05, 3.63) is 128 Å². The second-order valence-corrected chi connectivity index (χ2v) is 13.3. The summed E-state index contributed by atoms with van der Waals surface area (Å²) in [5, 5.41) is 0. The number of aryl methyl sites for hydroxylation is 8. The lowest BCUT2D eigenvalue weighted by atomic mass is 9.71. The molecule has 0 saturated heterocycles. The molecule has 0 fully saturated rings. The Labute approximate surface area is 255 Å². The lowest BCUT2D eigenvalue weighted by Crippen LogP contribution is -2.54. The normalized spacial score (nSPS) is 12.5. The molecule has 0 saturated carbocycles. The topological polar surface area (TPSA) is 34.1 Å². The van der Waals surface area contributed by atoms with E-state index < -0.39 is 38.7 Å². The van der Waals surface area contributed by atoms with Crippen LogP contribution < -0.4 is 0 Å². The van der Waals surface area contributed by atoms with Gasteiger partial charge in [0.15, 0.2) is 0 Å². The van der Waals surface area contributed by atoms with Gasteiger partial charge in [0.2, 0.25) is 15.3 Å². The number of rotatable bonds is 4. The number of alkyl halides is 6. The van der Waals surface area contributed by atoms with E-state index in [1.54, 1.807) is 38.1 Å². The summed E-state index contributed by atoms with van der Waals surface area (Å²) < 4.78 is 109. The maximum Gasteiger partial charge on any atom is 0.411 e. The van der Waals surface area contributed by atoms with Crippen LogP contribution in [0.5, 0.6) is 0 Å². The van der Waals surface area contributed by atoms with Gasteiger partial charge in [0.05, 0.1) is 9.79 Å². The molecule has 0 unspecified atom stereocenters. The van der Waals surface area contributed by atoms with Crippen LogP contribution in [0.2, 0.25) is 0 Å². The number of benzene rings is 4. The van der Waals surface area contributed by atoms with Crippen molar-refractivity contribution >= 4 is 9.84 Å². The van der Waals surface area contributed by atoms with E-state index in [2.05, 4.69) is 0 Å². The first-order valence-electron chi connectivity index (χ1n) is 13.8. The first kappa shape index (κ1) is 34.9. The molecule has 9 heteroatoms. The lowest BCUT2D eigenvalue weighted by molar-refractivity contribution is -0.288. The molecule has 44 heavy (non-hydrogen) atoms. The highest BCUT2D eigenvalue weighted by Crippen LogP contribution is 2.56. The third-order valence-corrected chi connectivity index (χ3v) is 10.1. The van der Waals surface area contributed by atoms with E-state index in [9.17, 15) is 34.8 Å². The van der Waals surface area contributed by atoms with Crippen LogP contribution in [0.15, 0.2) is 82.6 Å². The summed E-state index contributed by atoms with van der Waals surface area (Å²) in [7, 11) is -3.42. The molecular formula is C35H36F6O2S. The number of halogens is 6. The van der Waals surface area contributed by atoms with Crippen molar-refractivity contribution in [1.29, 1.82) is 0 Å². The zero-order valence-electron chi connectivity index (χ0n) is 25.9. The summed E-state index contributed by atoms with van der Waals surface area (Å²) in [5.74, 6) is 0. The zero-order valence-corrected chi connectivity index (χ0v) is 26.7. The molecule has 0 heterocycles. The van der Waals surface area contributed by atoms with Crippen molar-refractivity contribution in [3.8, 4) is 0 Å². The Kier molecular flexibility index (Phi) is 9.85. The Balaban J connectivity index is 0.000000249. The molecule has 0 atom stereocenters. The van der Waals surface area contributed by atoms with E-state index in [0.29, 0.717) is 32.0 Å². The van der Waals surface area contributed by atoms with Crippen molar-refractivity contribution in [1.82, 2.24) is 0 Å².